The molecule has 1 saturated carbocycles. The van der Waals surface area contributed by atoms with Crippen LogP contribution < -0.4 is 4.72 Å². The second-order valence-corrected chi connectivity index (χ2v) is 8.83. The zero-order chi connectivity index (χ0) is 19.9. The van der Waals surface area contributed by atoms with Gasteiger partial charge in [0.2, 0.25) is 0 Å². The molecule has 1 fully saturated rings. The highest BCUT2D eigenvalue weighted by molar-refractivity contribution is 7.92. The number of nitrogens with one attached hydrogen (secondary N) is 1. The number of aryl methyl sites for hydroxylation is 1. The Morgan fingerprint density at radius 2 is 1.93 bits per heavy atom. The first-order valence-corrected chi connectivity index (χ1v) is 10.8. The predicted octanol–water partition coefficient (Wildman–Crippen LogP) is 2.68. The van der Waals surface area contributed by atoms with E-state index < -0.39 is 10.0 Å². The molecule has 9 nitrogen and oxygen atoms in total. The summed E-state index contributed by atoms with van der Waals surface area (Å²) < 4.78 is 32.2. The molecular weight excluding hydrogens is 378 g/mol. The Morgan fingerprint density at radius 3 is 2.54 bits per heavy atom. The summed E-state index contributed by atoms with van der Waals surface area (Å²) in [5, 5.41) is 8.96. The summed E-state index contributed by atoms with van der Waals surface area (Å²) in [5.41, 5.74) is 1.39. The molecule has 0 bridgehead atoms. The summed E-state index contributed by atoms with van der Waals surface area (Å²) in [5.74, 6) is 0.950. The molecule has 0 saturated heterocycles. The summed E-state index contributed by atoms with van der Waals surface area (Å²) in [7, 11) is -3.83. The zero-order valence-corrected chi connectivity index (χ0v) is 16.9. The highest BCUT2D eigenvalue weighted by Gasteiger charge is 2.34. The quantitative estimate of drug-likeness (QED) is 0.652. The molecule has 0 unspecified atom stereocenters. The maximum Gasteiger partial charge on any atom is 0.266 e. The molecule has 3 aromatic rings. The van der Waals surface area contributed by atoms with Gasteiger partial charge in [0.1, 0.15) is 10.7 Å². The lowest BCUT2D eigenvalue weighted by molar-refractivity contribution is 0.599. The van der Waals surface area contributed by atoms with Gasteiger partial charge < -0.3 is 0 Å². The molecular formula is C18H23N7O2S. The maximum absolute atomic E-state index is 13.2. The first-order valence-electron chi connectivity index (χ1n) is 9.36. The van der Waals surface area contributed by atoms with Gasteiger partial charge in [-0.25, -0.2) is 18.4 Å². The number of aromatic nitrogens is 6. The molecule has 1 aliphatic carbocycles. The van der Waals surface area contributed by atoms with E-state index in [1.54, 1.807) is 35.4 Å². The molecule has 1 aliphatic rings. The van der Waals surface area contributed by atoms with Gasteiger partial charge in [0, 0.05) is 37.1 Å². The van der Waals surface area contributed by atoms with Crippen LogP contribution in [-0.2, 0) is 16.6 Å². The number of sulfonamides is 1. The fourth-order valence-electron chi connectivity index (χ4n) is 2.93. The summed E-state index contributed by atoms with van der Waals surface area (Å²) in [6.07, 6.45) is 6.72. The molecule has 0 atom stereocenters. The van der Waals surface area contributed by atoms with E-state index in [0.29, 0.717) is 24.0 Å². The van der Waals surface area contributed by atoms with E-state index in [2.05, 4.69) is 24.9 Å². The zero-order valence-electron chi connectivity index (χ0n) is 16.1. The van der Waals surface area contributed by atoms with Crippen LogP contribution in [0, 0.1) is 0 Å². The standard InChI is InChI=1S/C18H23N7O2S/c1-4-24-11-15(17(22-24)13-6-7-13)28(26,27)23-16-10-14(12(2)3)21-25(16)18-19-8-5-9-20-18/h5,8-13,23H,4,6-7H2,1-3H3. The topological polar surface area (TPSA) is 108 Å². The lowest BCUT2D eigenvalue weighted by atomic mass is 10.1. The van der Waals surface area contributed by atoms with Gasteiger partial charge in [0.25, 0.3) is 16.0 Å². The molecule has 28 heavy (non-hydrogen) atoms. The number of hydrogen-bond acceptors (Lipinski definition) is 6. The summed E-state index contributed by atoms with van der Waals surface area (Å²) in [6, 6.07) is 3.42. The van der Waals surface area contributed by atoms with E-state index in [-0.39, 0.29) is 16.7 Å². The van der Waals surface area contributed by atoms with Crippen molar-refractivity contribution in [3.05, 3.63) is 42.1 Å². The minimum atomic E-state index is -3.83. The van der Waals surface area contributed by atoms with Crippen molar-refractivity contribution in [2.24, 2.45) is 0 Å². The third-order valence-electron chi connectivity index (χ3n) is 4.63. The number of hydrogen-bond donors (Lipinski definition) is 1. The van der Waals surface area contributed by atoms with Crippen LogP contribution in [0.15, 0.2) is 35.6 Å². The molecule has 1 N–H and O–H groups in total. The van der Waals surface area contributed by atoms with Crippen LogP contribution in [0.5, 0.6) is 0 Å². The average Bonchev–Trinajstić information content (AvgIpc) is 3.28. The van der Waals surface area contributed by atoms with Crippen molar-refractivity contribution >= 4 is 15.8 Å². The lowest BCUT2D eigenvalue weighted by Gasteiger charge is -2.09. The lowest BCUT2D eigenvalue weighted by Crippen LogP contribution is -2.17. The van der Waals surface area contributed by atoms with E-state index in [1.807, 2.05) is 20.8 Å². The summed E-state index contributed by atoms with van der Waals surface area (Å²) in [6.45, 7) is 6.54. The molecule has 4 rings (SSSR count). The van der Waals surface area contributed by atoms with E-state index in [0.717, 1.165) is 18.5 Å². The molecule has 148 valence electrons. The van der Waals surface area contributed by atoms with Gasteiger partial charge in [-0.1, -0.05) is 13.8 Å². The van der Waals surface area contributed by atoms with Crippen LogP contribution >= 0.6 is 0 Å². The Balaban J connectivity index is 1.75. The monoisotopic (exact) mass is 401 g/mol. The van der Waals surface area contributed by atoms with Crippen molar-refractivity contribution in [3.63, 3.8) is 0 Å². The van der Waals surface area contributed by atoms with Crippen LogP contribution in [-0.4, -0.2) is 37.9 Å². The molecule has 0 aliphatic heterocycles. The van der Waals surface area contributed by atoms with E-state index in [9.17, 15) is 8.42 Å². The van der Waals surface area contributed by atoms with Crippen molar-refractivity contribution in [1.82, 2.24) is 29.5 Å². The van der Waals surface area contributed by atoms with E-state index in [4.69, 9.17) is 0 Å². The molecule has 0 aromatic carbocycles. The van der Waals surface area contributed by atoms with Gasteiger partial charge in [-0.15, -0.1) is 0 Å². The maximum atomic E-state index is 13.2. The van der Waals surface area contributed by atoms with Crippen LogP contribution in [0.3, 0.4) is 0 Å². The van der Waals surface area contributed by atoms with Gasteiger partial charge in [-0.2, -0.15) is 14.9 Å². The third-order valence-corrected chi connectivity index (χ3v) is 6.00. The number of nitrogens with zero attached hydrogens (tertiary/aromatic N) is 6. The molecule has 3 heterocycles. The fourth-order valence-corrected chi connectivity index (χ4v) is 4.20. The number of anilines is 1. The first-order chi connectivity index (χ1) is 13.4. The normalized spacial score (nSPS) is 14.6. The minimum absolute atomic E-state index is 0.123. The Kier molecular flexibility index (Phi) is 4.66. The Bertz CT molecular complexity index is 1080. The predicted molar refractivity (Wildman–Crippen MR) is 104 cm³/mol. The highest BCUT2D eigenvalue weighted by atomic mass is 32.2. The van der Waals surface area contributed by atoms with Gasteiger partial charge in [-0.05, 0) is 31.7 Å². The van der Waals surface area contributed by atoms with Crippen LogP contribution in [0.1, 0.15) is 56.8 Å². The van der Waals surface area contributed by atoms with Crippen LogP contribution in [0.2, 0.25) is 0 Å². The van der Waals surface area contributed by atoms with Crippen molar-refractivity contribution < 1.29 is 8.42 Å². The Labute approximate surface area is 163 Å². The highest BCUT2D eigenvalue weighted by Crippen LogP contribution is 2.42. The summed E-state index contributed by atoms with van der Waals surface area (Å²) in [4.78, 5) is 8.62. The minimum Gasteiger partial charge on any atom is -0.271 e. The van der Waals surface area contributed by atoms with E-state index in [1.165, 1.54) is 4.68 Å². The molecule has 3 aromatic heterocycles. The Hall–Kier alpha value is -2.75. The van der Waals surface area contributed by atoms with E-state index >= 15 is 0 Å². The second kappa shape index (κ2) is 7.01. The van der Waals surface area contributed by atoms with Gasteiger partial charge >= 0.3 is 0 Å². The van der Waals surface area contributed by atoms with Gasteiger partial charge in [0.05, 0.1) is 11.4 Å². The molecule has 0 spiro atoms. The third kappa shape index (κ3) is 3.51. The number of rotatable bonds is 7. The van der Waals surface area contributed by atoms with Crippen molar-refractivity contribution in [3.8, 4) is 5.95 Å². The molecule has 10 heteroatoms. The van der Waals surface area contributed by atoms with Gasteiger partial charge in [0.15, 0.2) is 0 Å². The van der Waals surface area contributed by atoms with Crippen LogP contribution in [0.25, 0.3) is 5.95 Å². The van der Waals surface area contributed by atoms with Crippen molar-refractivity contribution in [2.75, 3.05) is 4.72 Å². The van der Waals surface area contributed by atoms with Gasteiger partial charge in [-0.3, -0.25) is 9.40 Å². The Morgan fingerprint density at radius 1 is 1.21 bits per heavy atom. The smallest absolute Gasteiger partial charge is 0.266 e. The SMILES string of the molecule is CCn1cc(S(=O)(=O)Nc2cc(C(C)C)nn2-c2ncccn2)c(C2CC2)n1. The van der Waals surface area contributed by atoms with Crippen molar-refractivity contribution in [2.45, 2.75) is 56.9 Å². The molecule has 0 amide bonds. The average molecular weight is 401 g/mol. The summed E-state index contributed by atoms with van der Waals surface area (Å²) >= 11 is 0. The van der Waals surface area contributed by atoms with Crippen LogP contribution in [0.4, 0.5) is 5.82 Å². The first kappa shape index (κ1) is 18.6. The molecule has 0 radical (unpaired) electrons. The van der Waals surface area contributed by atoms with Crippen molar-refractivity contribution in [1.29, 1.82) is 0 Å². The fraction of sp³-hybridized carbons (Fsp3) is 0.444. The largest absolute Gasteiger partial charge is 0.271 e. The second-order valence-electron chi connectivity index (χ2n) is 7.18.